The summed E-state index contributed by atoms with van der Waals surface area (Å²) in [5.41, 5.74) is 1.61. The lowest BCUT2D eigenvalue weighted by molar-refractivity contribution is 0.0895. The van der Waals surface area contributed by atoms with Gasteiger partial charge in [-0.25, -0.2) is 13.9 Å². The average molecular weight is 367 g/mol. The number of ether oxygens (including phenoxy) is 1. The minimum Gasteiger partial charge on any atom is -0.488 e. The van der Waals surface area contributed by atoms with Crippen molar-refractivity contribution in [2.75, 3.05) is 5.32 Å². The van der Waals surface area contributed by atoms with Crippen molar-refractivity contribution in [2.45, 2.75) is 38.0 Å². The monoisotopic (exact) mass is 367 g/mol. The van der Waals surface area contributed by atoms with Crippen LogP contribution in [0, 0.1) is 5.82 Å². The topological polar surface area (TPSA) is 80.5 Å². The van der Waals surface area contributed by atoms with Gasteiger partial charge in [0.1, 0.15) is 29.1 Å². The Morgan fingerprint density at radius 3 is 3.11 bits per heavy atom. The second-order valence-corrected chi connectivity index (χ2v) is 6.91. The second kappa shape index (κ2) is 6.22. The molecular formula is C19H18FN5O2. The van der Waals surface area contributed by atoms with Crippen LogP contribution in [0.3, 0.4) is 0 Å². The molecule has 2 aliphatic rings. The Hall–Kier alpha value is -3.16. The number of hydrogen-bond acceptors (Lipinski definition) is 5. The first-order chi connectivity index (χ1) is 13.2. The van der Waals surface area contributed by atoms with Gasteiger partial charge in [0.15, 0.2) is 5.65 Å². The summed E-state index contributed by atoms with van der Waals surface area (Å²) in [5.74, 6) is 0.667. The molecule has 1 aliphatic carbocycles. The van der Waals surface area contributed by atoms with Gasteiger partial charge in [0.05, 0.1) is 12.2 Å². The van der Waals surface area contributed by atoms with Gasteiger partial charge >= 0.3 is 0 Å². The first kappa shape index (κ1) is 16.0. The fraction of sp³-hybridized carbons (Fsp3) is 0.316. The highest BCUT2D eigenvalue weighted by atomic mass is 19.1. The summed E-state index contributed by atoms with van der Waals surface area (Å²) in [6.45, 7) is 0.360. The molecule has 3 heterocycles. The van der Waals surface area contributed by atoms with Crippen molar-refractivity contribution < 1.29 is 13.9 Å². The molecule has 5 rings (SSSR count). The summed E-state index contributed by atoms with van der Waals surface area (Å²) in [6, 6.07) is 6.15. The van der Waals surface area contributed by atoms with Gasteiger partial charge in [-0.15, -0.1) is 0 Å². The van der Waals surface area contributed by atoms with Crippen LogP contribution in [0.25, 0.3) is 5.65 Å². The van der Waals surface area contributed by atoms with Crippen molar-refractivity contribution in [3.63, 3.8) is 0 Å². The van der Waals surface area contributed by atoms with E-state index < -0.39 is 0 Å². The predicted molar refractivity (Wildman–Crippen MR) is 96.2 cm³/mol. The highest BCUT2D eigenvalue weighted by Crippen LogP contribution is 2.29. The molecule has 1 saturated carbocycles. The minimum atomic E-state index is -0.318. The quantitative estimate of drug-likeness (QED) is 0.638. The number of carbonyl (C=O) groups is 1. The number of amides is 1. The van der Waals surface area contributed by atoms with Gasteiger partial charge in [-0.3, -0.25) is 4.79 Å². The molecule has 2 bridgehead atoms. The van der Waals surface area contributed by atoms with Crippen molar-refractivity contribution in [2.24, 2.45) is 0 Å². The molecule has 1 amide bonds. The average Bonchev–Trinajstić information content (AvgIpc) is 3.27. The SMILES string of the molecule is O=C1N[C@@H]2CCC[C@@H]2Oc2ccc(F)cc2CNc2ccn3ncc1c3n2. The summed E-state index contributed by atoms with van der Waals surface area (Å²) in [5, 5.41) is 10.4. The number of benzene rings is 1. The fourth-order valence-corrected chi connectivity index (χ4v) is 3.76. The van der Waals surface area contributed by atoms with Gasteiger partial charge in [0.25, 0.3) is 5.91 Å². The van der Waals surface area contributed by atoms with E-state index in [9.17, 15) is 9.18 Å². The van der Waals surface area contributed by atoms with Gasteiger partial charge in [0, 0.05) is 18.3 Å². The third-order valence-electron chi connectivity index (χ3n) is 5.14. The van der Waals surface area contributed by atoms with E-state index in [1.54, 1.807) is 22.8 Å². The highest BCUT2D eigenvalue weighted by molar-refractivity contribution is 6.00. The molecule has 1 aliphatic heterocycles. The molecular weight excluding hydrogens is 349 g/mol. The Morgan fingerprint density at radius 1 is 1.26 bits per heavy atom. The smallest absolute Gasteiger partial charge is 0.257 e. The number of halogens is 1. The number of carbonyl (C=O) groups excluding carboxylic acids is 1. The first-order valence-corrected chi connectivity index (χ1v) is 9.01. The number of nitrogens with zero attached hydrogens (tertiary/aromatic N) is 3. The third kappa shape index (κ3) is 2.87. The number of hydrogen-bond donors (Lipinski definition) is 2. The Labute approximate surface area is 154 Å². The Balaban J connectivity index is 1.61. The summed E-state index contributed by atoms with van der Waals surface area (Å²) in [6.07, 6.45) is 5.74. The maximum absolute atomic E-state index is 13.8. The molecule has 2 N–H and O–H groups in total. The van der Waals surface area contributed by atoms with Crippen molar-refractivity contribution in [1.82, 2.24) is 19.9 Å². The summed E-state index contributed by atoms with van der Waals surface area (Å²) in [7, 11) is 0. The lowest BCUT2D eigenvalue weighted by atomic mass is 10.1. The third-order valence-corrected chi connectivity index (χ3v) is 5.14. The molecule has 0 spiro atoms. The second-order valence-electron chi connectivity index (χ2n) is 6.91. The molecule has 2 aromatic heterocycles. The van der Waals surface area contributed by atoms with Crippen LogP contribution < -0.4 is 15.4 Å². The molecule has 27 heavy (non-hydrogen) atoms. The molecule has 0 saturated heterocycles. The summed E-state index contributed by atoms with van der Waals surface area (Å²) >= 11 is 0. The van der Waals surface area contributed by atoms with E-state index in [0.29, 0.717) is 34.9 Å². The van der Waals surface area contributed by atoms with Gasteiger partial charge in [-0.05, 0) is 43.5 Å². The van der Waals surface area contributed by atoms with Crippen LogP contribution in [-0.4, -0.2) is 32.7 Å². The molecule has 138 valence electrons. The Kier molecular flexibility index (Phi) is 3.70. The van der Waals surface area contributed by atoms with E-state index in [0.717, 1.165) is 19.3 Å². The zero-order valence-electron chi connectivity index (χ0n) is 14.5. The van der Waals surface area contributed by atoms with Crippen LogP contribution in [0.5, 0.6) is 5.75 Å². The number of anilines is 1. The van der Waals surface area contributed by atoms with Gasteiger partial charge < -0.3 is 15.4 Å². The molecule has 1 aromatic carbocycles. The molecule has 0 radical (unpaired) electrons. The van der Waals surface area contributed by atoms with Crippen molar-refractivity contribution in [3.05, 3.63) is 53.6 Å². The maximum Gasteiger partial charge on any atom is 0.257 e. The number of nitrogens with one attached hydrogen (secondary N) is 2. The Bertz CT molecular complexity index is 1030. The van der Waals surface area contributed by atoms with Gasteiger partial charge in [-0.2, -0.15) is 5.10 Å². The standard InChI is InChI=1S/C19H18FN5O2/c20-12-4-5-15-11(8-12)9-21-17-6-7-25-18(24-17)13(10-22-25)19(26)23-14-2-1-3-16(14)27-15/h4-8,10,14,16H,1-3,9H2,(H,21,24)(H,23,26)/t14-,16+/m1/s1. The zero-order valence-corrected chi connectivity index (χ0v) is 14.5. The summed E-state index contributed by atoms with van der Waals surface area (Å²) in [4.78, 5) is 17.3. The van der Waals surface area contributed by atoms with E-state index in [2.05, 4.69) is 20.7 Å². The minimum absolute atomic E-state index is 0.109. The summed E-state index contributed by atoms with van der Waals surface area (Å²) < 4.78 is 21.5. The molecule has 8 heteroatoms. The molecule has 7 nitrogen and oxygen atoms in total. The largest absolute Gasteiger partial charge is 0.488 e. The first-order valence-electron chi connectivity index (χ1n) is 9.01. The molecule has 3 aromatic rings. The normalized spacial score (nSPS) is 21.9. The van der Waals surface area contributed by atoms with E-state index in [-0.39, 0.29) is 23.9 Å². The van der Waals surface area contributed by atoms with Crippen molar-refractivity contribution in [1.29, 1.82) is 0 Å². The molecule has 2 atom stereocenters. The fourth-order valence-electron chi connectivity index (χ4n) is 3.76. The van der Waals surface area contributed by atoms with Crippen LogP contribution in [0.1, 0.15) is 35.2 Å². The van der Waals surface area contributed by atoms with E-state index in [4.69, 9.17) is 4.74 Å². The lowest BCUT2D eigenvalue weighted by Crippen LogP contribution is -2.42. The lowest BCUT2D eigenvalue weighted by Gasteiger charge is -2.23. The van der Waals surface area contributed by atoms with Crippen LogP contribution in [-0.2, 0) is 6.54 Å². The van der Waals surface area contributed by atoms with Crippen LogP contribution in [0.15, 0.2) is 36.7 Å². The van der Waals surface area contributed by atoms with E-state index in [1.165, 1.54) is 18.3 Å². The van der Waals surface area contributed by atoms with Crippen molar-refractivity contribution in [3.8, 4) is 5.75 Å². The van der Waals surface area contributed by atoms with Gasteiger partial charge in [0.2, 0.25) is 0 Å². The Morgan fingerprint density at radius 2 is 2.19 bits per heavy atom. The number of rotatable bonds is 0. The van der Waals surface area contributed by atoms with E-state index in [1.807, 2.05) is 0 Å². The highest BCUT2D eigenvalue weighted by Gasteiger charge is 2.32. The number of aromatic nitrogens is 3. The van der Waals surface area contributed by atoms with Crippen LogP contribution in [0.2, 0.25) is 0 Å². The molecule has 1 fully saturated rings. The van der Waals surface area contributed by atoms with E-state index >= 15 is 0 Å². The van der Waals surface area contributed by atoms with Gasteiger partial charge in [-0.1, -0.05) is 0 Å². The predicted octanol–water partition coefficient (Wildman–Crippen LogP) is 2.52. The van der Waals surface area contributed by atoms with Crippen molar-refractivity contribution >= 4 is 17.4 Å². The number of fused-ring (bicyclic) bond motifs is 3. The van der Waals surface area contributed by atoms with Crippen LogP contribution in [0.4, 0.5) is 10.2 Å². The maximum atomic E-state index is 13.8. The van der Waals surface area contributed by atoms with Crippen LogP contribution >= 0.6 is 0 Å². The molecule has 0 unspecified atom stereocenters. The zero-order chi connectivity index (χ0) is 18.4.